The van der Waals surface area contributed by atoms with E-state index in [-0.39, 0.29) is 0 Å². The Morgan fingerprint density at radius 3 is 2.25 bits per heavy atom. The first kappa shape index (κ1) is 16.3. The molecule has 0 unspecified atom stereocenters. The fourth-order valence-corrected chi connectivity index (χ4v) is 4.13. The Labute approximate surface area is 126 Å². The SMILES string of the molecule is CCC1CCC(N(C)CCNCC2CCCCC2)CC1. The van der Waals surface area contributed by atoms with E-state index < -0.39 is 0 Å². The minimum absolute atomic E-state index is 0.856. The highest BCUT2D eigenvalue weighted by Gasteiger charge is 2.22. The average Bonchev–Trinajstić information content (AvgIpc) is 2.52. The van der Waals surface area contributed by atoms with Crippen molar-refractivity contribution in [3.8, 4) is 0 Å². The third-order valence-electron chi connectivity index (χ3n) is 5.82. The summed E-state index contributed by atoms with van der Waals surface area (Å²) in [7, 11) is 2.33. The Kier molecular flexibility index (Phi) is 7.37. The molecule has 0 saturated heterocycles. The molecular formula is C18H36N2. The molecule has 1 N–H and O–H groups in total. The van der Waals surface area contributed by atoms with Crippen LogP contribution in [0.1, 0.15) is 71.1 Å². The Bertz CT molecular complexity index is 240. The molecule has 0 heterocycles. The van der Waals surface area contributed by atoms with Gasteiger partial charge in [0, 0.05) is 19.1 Å². The Morgan fingerprint density at radius 2 is 1.60 bits per heavy atom. The maximum atomic E-state index is 3.70. The highest BCUT2D eigenvalue weighted by molar-refractivity contribution is 4.78. The summed E-state index contributed by atoms with van der Waals surface area (Å²) in [5.41, 5.74) is 0. The summed E-state index contributed by atoms with van der Waals surface area (Å²) in [6, 6.07) is 0.856. The molecule has 0 aromatic rings. The summed E-state index contributed by atoms with van der Waals surface area (Å²) in [6.07, 6.45) is 14.5. The average molecular weight is 280 g/mol. The van der Waals surface area contributed by atoms with Crippen LogP contribution in [-0.4, -0.2) is 37.6 Å². The summed E-state index contributed by atoms with van der Waals surface area (Å²) in [4.78, 5) is 2.61. The highest BCUT2D eigenvalue weighted by Crippen LogP contribution is 2.28. The van der Waals surface area contributed by atoms with E-state index in [9.17, 15) is 0 Å². The quantitative estimate of drug-likeness (QED) is 0.708. The largest absolute Gasteiger partial charge is 0.315 e. The van der Waals surface area contributed by atoms with Gasteiger partial charge >= 0.3 is 0 Å². The second-order valence-electron chi connectivity index (χ2n) is 7.27. The Hall–Kier alpha value is -0.0800. The molecule has 0 spiro atoms. The molecule has 2 saturated carbocycles. The van der Waals surface area contributed by atoms with E-state index in [1.807, 2.05) is 0 Å². The van der Waals surface area contributed by atoms with Gasteiger partial charge in [-0.2, -0.15) is 0 Å². The topological polar surface area (TPSA) is 15.3 Å². The second-order valence-corrected chi connectivity index (χ2v) is 7.27. The zero-order valence-electron chi connectivity index (χ0n) is 13.9. The van der Waals surface area contributed by atoms with Crippen LogP contribution in [0, 0.1) is 11.8 Å². The van der Waals surface area contributed by atoms with E-state index in [1.54, 1.807) is 0 Å². The summed E-state index contributed by atoms with van der Waals surface area (Å²) >= 11 is 0. The lowest BCUT2D eigenvalue weighted by atomic mass is 9.84. The first-order chi connectivity index (χ1) is 9.79. The molecule has 2 fully saturated rings. The Morgan fingerprint density at radius 1 is 0.900 bits per heavy atom. The van der Waals surface area contributed by atoms with Gasteiger partial charge in [0.05, 0.1) is 0 Å². The molecule has 0 bridgehead atoms. The normalized spacial score (nSPS) is 28.9. The molecule has 0 radical (unpaired) electrons. The predicted molar refractivity (Wildman–Crippen MR) is 88.1 cm³/mol. The summed E-state index contributed by atoms with van der Waals surface area (Å²) in [5, 5.41) is 3.70. The first-order valence-corrected chi connectivity index (χ1v) is 9.20. The minimum Gasteiger partial charge on any atom is -0.315 e. The van der Waals surface area contributed by atoms with Crippen molar-refractivity contribution in [2.24, 2.45) is 11.8 Å². The third-order valence-corrected chi connectivity index (χ3v) is 5.82. The number of nitrogens with zero attached hydrogens (tertiary/aromatic N) is 1. The molecule has 0 aromatic carbocycles. The van der Waals surface area contributed by atoms with Crippen molar-refractivity contribution >= 4 is 0 Å². The lowest BCUT2D eigenvalue weighted by Crippen LogP contribution is -2.40. The number of likely N-dealkylation sites (N-methyl/N-ethyl adjacent to an activating group) is 1. The molecule has 2 aliphatic carbocycles. The molecule has 20 heavy (non-hydrogen) atoms. The Balaban J connectivity index is 1.52. The molecule has 0 amide bonds. The summed E-state index contributed by atoms with van der Waals surface area (Å²) in [5.74, 6) is 1.98. The van der Waals surface area contributed by atoms with Gasteiger partial charge in [-0.3, -0.25) is 0 Å². The van der Waals surface area contributed by atoms with Gasteiger partial charge in [0.15, 0.2) is 0 Å². The number of rotatable bonds is 7. The maximum absolute atomic E-state index is 3.70. The van der Waals surface area contributed by atoms with Crippen LogP contribution in [0.4, 0.5) is 0 Å². The molecule has 2 heteroatoms. The smallest absolute Gasteiger partial charge is 0.0107 e. The maximum Gasteiger partial charge on any atom is 0.0107 e. The lowest BCUT2D eigenvalue weighted by Gasteiger charge is -2.34. The predicted octanol–water partition coefficient (Wildman–Crippen LogP) is 4.06. The summed E-state index contributed by atoms with van der Waals surface area (Å²) < 4.78 is 0. The molecule has 0 atom stereocenters. The fourth-order valence-electron chi connectivity index (χ4n) is 4.13. The van der Waals surface area contributed by atoms with Crippen LogP contribution >= 0.6 is 0 Å². The van der Waals surface area contributed by atoms with Crippen LogP contribution in [0.15, 0.2) is 0 Å². The monoisotopic (exact) mass is 280 g/mol. The van der Waals surface area contributed by atoms with E-state index in [4.69, 9.17) is 0 Å². The van der Waals surface area contributed by atoms with Gasteiger partial charge in [-0.15, -0.1) is 0 Å². The van der Waals surface area contributed by atoms with Gasteiger partial charge in [-0.25, -0.2) is 0 Å². The van der Waals surface area contributed by atoms with Gasteiger partial charge in [-0.1, -0.05) is 32.6 Å². The van der Waals surface area contributed by atoms with Crippen LogP contribution in [0.3, 0.4) is 0 Å². The standard InChI is InChI=1S/C18H36N2/c1-3-16-9-11-18(12-10-16)20(2)14-13-19-15-17-7-5-4-6-8-17/h16-19H,3-15H2,1-2H3. The number of nitrogens with one attached hydrogen (secondary N) is 1. The van der Waals surface area contributed by atoms with Crippen molar-refractivity contribution in [1.82, 2.24) is 10.2 Å². The van der Waals surface area contributed by atoms with E-state index in [1.165, 1.54) is 83.8 Å². The van der Waals surface area contributed by atoms with E-state index in [0.717, 1.165) is 17.9 Å². The van der Waals surface area contributed by atoms with Gasteiger partial charge < -0.3 is 10.2 Å². The van der Waals surface area contributed by atoms with Crippen molar-refractivity contribution in [2.45, 2.75) is 77.2 Å². The number of hydrogen-bond acceptors (Lipinski definition) is 2. The number of hydrogen-bond donors (Lipinski definition) is 1. The second kappa shape index (κ2) is 9.04. The highest BCUT2D eigenvalue weighted by atomic mass is 15.1. The van der Waals surface area contributed by atoms with Gasteiger partial charge in [-0.05, 0) is 64.0 Å². The van der Waals surface area contributed by atoms with Crippen molar-refractivity contribution in [1.29, 1.82) is 0 Å². The van der Waals surface area contributed by atoms with Crippen molar-refractivity contribution in [3.63, 3.8) is 0 Å². The molecular weight excluding hydrogens is 244 g/mol. The fraction of sp³-hybridized carbons (Fsp3) is 1.00. The zero-order chi connectivity index (χ0) is 14.2. The molecule has 0 aliphatic heterocycles. The first-order valence-electron chi connectivity index (χ1n) is 9.20. The molecule has 2 aliphatic rings. The minimum atomic E-state index is 0.856. The summed E-state index contributed by atoms with van der Waals surface area (Å²) in [6.45, 7) is 6.02. The van der Waals surface area contributed by atoms with Crippen LogP contribution in [0.5, 0.6) is 0 Å². The molecule has 2 rings (SSSR count). The van der Waals surface area contributed by atoms with E-state index in [0.29, 0.717) is 0 Å². The lowest BCUT2D eigenvalue weighted by molar-refractivity contribution is 0.163. The third kappa shape index (κ3) is 5.37. The van der Waals surface area contributed by atoms with E-state index in [2.05, 4.69) is 24.2 Å². The molecule has 0 aromatic heterocycles. The van der Waals surface area contributed by atoms with Crippen molar-refractivity contribution < 1.29 is 0 Å². The molecule has 2 nitrogen and oxygen atoms in total. The van der Waals surface area contributed by atoms with Gasteiger partial charge in [0.25, 0.3) is 0 Å². The van der Waals surface area contributed by atoms with Crippen LogP contribution < -0.4 is 5.32 Å². The van der Waals surface area contributed by atoms with Crippen LogP contribution in [-0.2, 0) is 0 Å². The van der Waals surface area contributed by atoms with Gasteiger partial charge in [0.2, 0.25) is 0 Å². The van der Waals surface area contributed by atoms with E-state index >= 15 is 0 Å². The van der Waals surface area contributed by atoms with Crippen LogP contribution in [0.25, 0.3) is 0 Å². The molecule has 118 valence electrons. The zero-order valence-corrected chi connectivity index (χ0v) is 13.9. The van der Waals surface area contributed by atoms with Crippen molar-refractivity contribution in [2.75, 3.05) is 26.7 Å². The van der Waals surface area contributed by atoms with Crippen molar-refractivity contribution in [3.05, 3.63) is 0 Å². The van der Waals surface area contributed by atoms with Gasteiger partial charge in [0.1, 0.15) is 0 Å². The van der Waals surface area contributed by atoms with Crippen LogP contribution in [0.2, 0.25) is 0 Å².